The third-order valence-corrected chi connectivity index (χ3v) is 4.15. The Bertz CT molecular complexity index is 776. The highest BCUT2D eigenvalue weighted by molar-refractivity contribution is 6.35. The minimum atomic E-state index is -0.368. The second kappa shape index (κ2) is 8.18. The van der Waals surface area contributed by atoms with Gasteiger partial charge in [-0.05, 0) is 48.7 Å². The molecule has 6 heteroatoms. The summed E-state index contributed by atoms with van der Waals surface area (Å²) in [5, 5.41) is 6.06. The second-order valence-electron chi connectivity index (χ2n) is 5.54. The van der Waals surface area contributed by atoms with Gasteiger partial charge in [0.05, 0.1) is 23.7 Å². The first-order chi connectivity index (χ1) is 11.3. The molecule has 0 heterocycles. The van der Waals surface area contributed by atoms with Crippen molar-refractivity contribution in [2.75, 3.05) is 11.9 Å². The Balaban J connectivity index is 1.85. The van der Waals surface area contributed by atoms with E-state index in [-0.39, 0.29) is 24.8 Å². The zero-order valence-corrected chi connectivity index (χ0v) is 15.0. The monoisotopic (exact) mass is 364 g/mol. The summed E-state index contributed by atoms with van der Waals surface area (Å²) in [6.45, 7) is 3.88. The Hall–Kier alpha value is -2.04. The van der Waals surface area contributed by atoms with E-state index in [0.29, 0.717) is 15.7 Å². The third kappa shape index (κ3) is 5.25. The number of halogens is 2. The highest BCUT2D eigenvalue weighted by atomic mass is 35.5. The molecule has 0 radical (unpaired) electrons. The van der Waals surface area contributed by atoms with Crippen molar-refractivity contribution in [1.82, 2.24) is 5.32 Å². The maximum Gasteiger partial charge on any atom is 0.243 e. The van der Waals surface area contributed by atoms with Crippen LogP contribution in [-0.2, 0) is 16.0 Å². The van der Waals surface area contributed by atoms with E-state index >= 15 is 0 Å². The smallest absolute Gasteiger partial charge is 0.243 e. The van der Waals surface area contributed by atoms with Crippen LogP contribution in [0.3, 0.4) is 0 Å². The molecule has 2 amide bonds. The molecule has 126 valence electrons. The molecule has 0 aliphatic heterocycles. The molecule has 0 spiro atoms. The van der Waals surface area contributed by atoms with E-state index in [1.807, 2.05) is 32.0 Å². The normalized spacial score (nSPS) is 10.3. The summed E-state index contributed by atoms with van der Waals surface area (Å²) in [5.41, 5.74) is 3.64. The zero-order chi connectivity index (χ0) is 17.7. The molecule has 4 nitrogen and oxygen atoms in total. The maximum atomic E-state index is 11.9. The zero-order valence-electron chi connectivity index (χ0n) is 13.5. The van der Waals surface area contributed by atoms with Crippen molar-refractivity contribution < 1.29 is 9.59 Å². The summed E-state index contributed by atoms with van der Waals surface area (Å²) >= 11 is 11.8. The van der Waals surface area contributed by atoms with Gasteiger partial charge in [-0.3, -0.25) is 9.59 Å². The number of rotatable bonds is 5. The van der Waals surface area contributed by atoms with Gasteiger partial charge < -0.3 is 10.6 Å². The molecule has 0 fully saturated rings. The third-order valence-electron chi connectivity index (χ3n) is 3.58. The summed E-state index contributed by atoms with van der Waals surface area (Å²) in [6, 6.07) is 10.6. The van der Waals surface area contributed by atoms with Crippen LogP contribution in [0.5, 0.6) is 0 Å². The lowest BCUT2D eigenvalue weighted by atomic mass is 10.0. The molecule has 0 aliphatic carbocycles. The summed E-state index contributed by atoms with van der Waals surface area (Å²) in [6.07, 6.45) is 0.228. The minimum Gasteiger partial charge on any atom is -0.347 e. The standard InChI is InChI=1S/C18H18Cl2N2O2/c1-11-3-4-13(7-12(11)2)8-17(23)21-10-18(24)22-16-9-14(19)5-6-15(16)20/h3-7,9H,8,10H2,1-2H3,(H,21,23)(H,22,24). The fourth-order valence-electron chi connectivity index (χ4n) is 2.13. The fourth-order valence-corrected chi connectivity index (χ4v) is 2.46. The maximum absolute atomic E-state index is 11.9. The largest absolute Gasteiger partial charge is 0.347 e. The van der Waals surface area contributed by atoms with E-state index in [4.69, 9.17) is 23.2 Å². The van der Waals surface area contributed by atoms with Crippen LogP contribution in [0.2, 0.25) is 10.0 Å². The van der Waals surface area contributed by atoms with E-state index in [1.165, 1.54) is 5.56 Å². The predicted molar refractivity (Wildman–Crippen MR) is 97.7 cm³/mol. The van der Waals surface area contributed by atoms with Crippen LogP contribution in [0.25, 0.3) is 0 Å². The molecule has 0 bridgehead atoms. The Morgan fingerprint density at radius 3 is 2.42 bits per heavy atom. The number of benzene rings is 2. The van der Waals surface area contributed by atoms with Crippen molar-refractivity contribution in [2.24, 2.45) is 0 Å². The minimum absolute atomic E-state index is 0.132. The van der Waals surface area contributed by atoms with Crippen molar-refractivity contribution in [1.29, 1.82) is 0 Å². The molecule has 2 aromatic rings. The molecule has 0 aliphatic rings. The number of hydrogen-bond acceptors (Lipinski definition) is 2. The van der Waals surface area contributed by atoms with Gasteiger partial charge in [0.2, 0.25) is 11.8 Å². The average molecular weight is 365 g/mol. The summed E-state index contributed by atoms with van der Waals surface area (Å²) in [7, 11) is 0. The molecular formula is C18H18Cl2N2O2. The van der Waals surface area contributed by atoms with Crippen LogP contribution < -0.4 is 10.6 Å². The van der Waals surface area contributed by atoms with Crippen molar-refractivity contribution in [3.8, 4) is 0 Å². The van der Waals surface area contributed by atoms with Crippen molar-refractivity contribution >= 4 is 40.7 Å². The molecule has 0 atom stereocenters. The number of carbonyl (C=O) groups excluding carboxylic acids is 2. The number of amides is 2. The van der Waals surface area contributed by atoms with Crippen LogP contribution in [-0.4, -0.2) is 18.4 Å². The first-order valence-corrected chi connectivity index (χ1v) is 8.18. The van der Waals surface area contributed by atoms with Gasteiger partial charge in [0.25, 0.3) is 0 Å². The van der Waals surface area contributed by atoms with E-state index in [0.717, 1.165) is 11.1 Å². The molecule has 0 saturated heterocycles. The second-order valence-corrected chi connectivity index (χ2v) is 6.39. The van der Waals surface area contributed by atoms with Crippen LogP contribution >= 0.6 is 23.2 Å². The topological polar surface area (TPSA) is 58.2 Å². The quantitative estimate of drug-likeness (QED) is 0.844. The highest BCUT2D eigenvalue weighted by Gasteiger charge is 2.09. The summed E-state index contributed by atoms with van der Waals surface area (Å²) in [4.78, 5) is 23.9. The van der Waals surface area contributed by atoms with Crippen LogP contribution in [0.1, 0.15) is 16.7 Å². The van der Waals surface area contributed by atoms with Crippen LogP contribution in [0.4, 0.5) is 5.69 Å². The Morgan fingerprint density at radius 1 is 0.958 bits per heavy atom. The lowest BCUT2D eigenvalue weighted by Crippen LogP contribution is -2.33. The van der Waals surface area contributed by atoms with Gasteiger partial charge in [-0.15, -0.1) is 0 Å². The van der Waals surface area contributed by atoms with Gasteiger partial charge in [0, 0.05) is 5.02 Å². The van der Waals surface area contributed by atoms with Crippen molar-refractivity contribution in [2.45, 2.75) is 20.3 Å². The van der Waals surface area contributed by atoms with Gasteiger partial charge in [-0.25, -0.2) is 0 Å². The Kier molecular flexibility index (Phi) is 6.23. The van der Waals surface area contributed by atoms with E-state index < -0.39 is 0 Å². The molecule has 2 N–H and O–H groups in total. The predicted octanol–water partition coefficient (Wildman–Crippen LogP) is 3.91. The first-order valence-electron chi connectivity index (χ1n) is 7.43. The van der Waals surface area contributed by atoms with E-state index in [9.17, 15) is 9.59 Å². The molecule has 24 heavy (non-hydrogen) atoms. The summed E-state index contributed by atoms with van der Waals surface area (Å²) < 4.78 is 0. The van der Waals surface area contributed by atoms with Gasteiger partial charge >= 0.3 is 0 Å². The van der Waals surface area contributed by atoms with Gasteiger partial charge in [-0.2, -0.15) is 0 Å². The van der Waals surface area contributed by atoms with Gasteiger partial charge in [-0.1, -0.05) is 41.4 Å². The van der Waals surface area contributed by atoms with E-state index in [2.05, 4.69) is 10.6 Å². The highest BCUT2D eigenvalue weighted by Crippen LogP contribution is 2.25. The fraction of sp³-hybridized carbons (Fsp3) is 0.222. The number of anilines is 1. The number of aryl methyl sites for hydroxylation is 2. The van der Waals surface area contributed by atoms with Crippen LogP contribution in [0, 0.1) is 13.8 Å². The van der Waals surface area contributed by atoms with Crippen molar-refractivity contribution in [3.63, 3.8) is 0 Å². The lowest BCUT2D eigenvalue weighted by Gasteiger charge is -2.09. The first kappa shape index (κ1) is 18.3. The van der Waals surface area contributed by atoms with Gasteiger partial charge in [0.1, 0.15) is 0 Å². The number of hydrogen-bond donors (Lipinski definition) is 2. The molecule has 2 rings (SSSR count). The molecule has 2 aromatic carbocycles. The van der Waals surface area contributed by atoms with Crippen molar-refractivity contribution in [3.05, 3.63) is 63.1 Å². The Labute approximate surface area is 151 Å². The molecule has 0 saturated carbocycles. The lowest BCUT2D eigenvalue weighted by molar-refractivity contribution is -0.123. The SMILES string of the molecule is Cc1ccc(CC(=O)NCC(=O)Nc2cc(Cl)ccc2Cl)cc1C. The van der Waals surface area contributed by atoms with Crippen LogP contribution in [0.15, 0.2) is 36.4 Å². The van der Waals surface area contributed by atoms with E-state index in [1.54, 1.807) is 18.2 Å². The number of carbonyl (C=O) groups is 2. The molecule has 0 aromatic heterocycles. The molecular weight excluding hydrogens is 347 g/mol. The summed E-state index contributed by atoms with van der Waals surface area (Å²) in [5.74, 6) is -0.585. The number of nitrogens with one attached hydrogen (secondary N) is 2. The molecule has 0 unspecified atom stereocenters. The average Bonchev–Trinajstić information content (AvgIpc) is 2.52. The Morgan fingerprint density at radius 2 is 1.71 bits per heavy atom. The van der Waals surface area contributed by atoms with Gasteiger partial charge in [0.15, 0.2) is 0 Å².